The average molecular weight is 133 g/mol. The van der Waals surface area contributed by atoms with E-state index in [1.165, 1.54) is 11.8 Å². The van der Waals surface area contributed by atoms with Gasteiger partial charge in [0.2, 0.25) is 5.12 Å². The first-order valence-electron chi connectivity index (χ1n) is 2.60. The first-order chi connectivity index (χ1) is 3.68. The van der Waals surface area contributed by atoms with Crippen LogP contribution in [0.1, 0.15) is 13.8 Å². The van der Waals surface area contributed by atoms with Gasteiger partial charge in [-0.05, 0) is 12.7 Å². The van der Waals surface area contributed by atoms with Crippen LogP contribution in [-0.2, 0) is 4.79 Å². The Labute approximate surface area is 53.8 Å². The first-order valence-corrected chi connectivity index (χ1v) is 3.59. The van der Waals surface area contributed by atoms with E-state index in [-0.39, 0.29) is 11.2 Å². The monoisotopic (exact) mass is 133 g/mol. The summed E-state index contributed by atoms with van der Waals surface area (Å²) in [6.45, 7) is 3.63. The Morgan fingerprint density at radius 2 is 2.38 bits per heavy atom. The van der Waals surface area contributed by atoms with E-state index in [9.17, 15) is 4.79 Å². The van der Waals surface area contributed by atoms with Gasteiger partial charge in [0.15, 0.2) is 0 Å². The highest BCUT2D eigenvalue weighted by Gasteiger charge is 2.04. The van der Waals surface area contributed by atoms with Crippen LogP contribution in [0, 0.1) is 0 Å². The fourth-order valence-electron chi connectivity index (χ4n) is 0.274. The van der Waals surface area contributed by atoms with Crippen molar-refractivity contribution < 1.29 is 4.79 Å². The molecule has 1 atom stereocenters. The lowest BCUT2D eigenvalue weighted by Crippen LogP contribution is -2.23. The number of nitrogens with two attached hydrogens (primary N) is 1. The smallest absolute Gasteiger partial charge is 0.205 e. The number of hydrogen-bond acceptors (Lipinski definition) is 3. The molecule has 2 N–H and O–H groups in total. The van der Waals surface area contributed by atoms with Gasteiger partial charge in [0.05, 0.1) is 6.04 Å². The summed E-state index contributed by atoms with van der Waals surface area (Å²) in [5, 5.41) is 0.0764. The third kappa shape index (κ3) is 3.04. The summed E-state index contributed by atoms with van der Waals surface area (Å²) in [7, 11) is 0. The van der Waals surface area contributed by atoms with Crippen molar-refractivity contribution >= 4 is 16.9 Å². The molecule has 2 nitrogen and oxygen atoms in total. The van der Waals surface area contributed by atoms with Crippen LogP contribution in [0.15, 0.2) is 0 Å². The number of rotatable bonds is 2. The van der Waals surface area contributed by atoms with E-state index in [4.69, 9.17) is 5.73 Å². The van der Waals surface area contributed by atoms with Crippen LogP contribution in [0.5, 0.6) is 0 Å². The minimum atomic E-state index is -0.306. The largest absolute Gasteiger partial charge is 0.321 e. The van der Waals surface area contributed by atoms with E-state index in [2.05, 4.69) is 0 Å². The van der Waals surface area contributed by atoms with Crippen LogP contribution in [-0.4, -0.2) is 16.9 Å². The predicted molar refractivity (Wildman–Crippen MR) is 36.8 cm³/mol. The highest BCUT2D eigenvalue weighted by atomic mass is 32.2. The van der Waals surface area contributed by atoms with Crippen LogP contribution in [0.3, 0.4) is 0 Å². The Morgan fingerprint density at radius 3 is 2.50 bits per heavy atom. The maximum atomic E-state index is 10.6. The van der Waals surface area contributed by atoms with E-state index < -0.39 is 0 Å². The number of carbonyl (C=O) groups excluding carboxylic acids is 1. The first kappa shape index (κ1) is 7.98. The van der Waals surface area contributed by atoms with Crippen LogP contribution >= 0.6 is 11.8 Å². The fraction of sp³-hybridized carbons (Fsp3) is 0.800. The summed E-state index contributed by atoms with van der Waals surface area (Å²) in [5.74, 6) is 0.820. The summed E-state index contributed by atoms with van der Waals surface area (Å²) in [6, 6.07) is -0.306. The molecule has 0 fully saturated rings. The normalized spacial score (nSPS) is 13.4. The van der Waals surface area contributed by atoms with E-state index in [1.807, 2.05) is 6.92 Å². The van der Waals surface area contributed by atoms with Gasteiger partial charge in [0.1, 0.15) is 0 Å². The zero-order valence-corrected chi connectivity index (χ0v) is 5.99. The molecule has 0 aromatic rings. The van der Waals surface area contributed by atoms with Gasteiger partial charge in [0, 0.05) is 0 Å². The fourth-order valence-corrected chi connectivity index (χ4v) is 0.821. The van der Waals surface area contributed by atoms with E-state index in [1.54, 1.807) is 6.92 Å². The van der Waals surface area contributed by atoms with Gasteiger partial charge in [-0.3, -0.25) is 4.79 Å². The minimum Gasteiger partial charge on any atom is -0.321 e. The quantitative estimate of drug-likeness (QED) is 0.600. The molecule has 0 saturated heterocycles. The summed E-state index contributed by atoms with van der Waals surface area (Å²) in [5.41, 5.74) is 5.25. The second kappa shape index (κ2) is 3.92. The van der Waals surface area contributed by atoms with Crippen LogP contribution in [0.2, 0.25) is 0 Å². The van der Waals surface area contributed by atoms with Gasteiger partial charge in [-0.2, -0.15) is 0 Å². The number of hydrogen-bond donors (Lipinski definition) is 1. The molecule has 0 aliphatic carbocycles. The lowest BCUT2D eigenvalue weighted by molar-refractivity contribution is -0.111. The SMILES string of the molecule is CCSC(=O)[C@H](C)N. The highest BCUT2D eigenvalue weighted by Crippen LogP contribution is 2.01. The molecule has 0 aromatic carbocycles. The summed E-state index contributed by atoms with van der Waals surface area (Å²) in [6.07, 6.45) is 0. The molecule has 0 amide bonds. The Kier molecular flexibility index (Phi) is 3.91. The standard InChI is InChI=1S/C5H11NOS/c1-3-8-5(7)4(2)6/h4H,3,6H2,1-2H3/t4-/m0/s1. The molecule has 0 spiro atoms. The summed E-state index contributed by atoms with van der Waals surface area (Å²) >= 11 is 1.28. The van der Waals surface area contributed by atoms with Crippen molar-refractivity contribution in [1.29, 1.82) is 0 Å². The molecular formula is C5H11NOS. The van der Waals surface area contributed by atoms with Crippen molar-refractivity contribution in [3.63, 3.8) is 0 Å². The molecule has 0 saturated carbocycles. The van der Waals surface area contributed by atoms with Crippen molar-refractivity contribution in [3.05, 3.63) is 0 Å². The summed E-state index contributed by atoms with van der Waals surface area (Å²) < 4.78 is 0. The van der Waals surface area contributed by atoms with Crippen molar-refractivity contribution in [2.24, 2.45) is 5.73 Å². The third-order valence-corrected chi connectivity index (χ3v) is 1.60. The molecule has 0 rings (SSSR count). The van der Waals surface area contributed by atoms with Gasteiger partial charge < -0.3 is 5.73 Å². The van der Waals surface area contributed by atoms with Crippen molar-refractivity contribution in [3.8, 4) is 0 Å². The number of thioether (sulfide) groups is 1. The van der Waals surface area contributed by atoms with E-state index >= 15 is 0 Å². The van der Waals surface area contributed by atoms with Gasteiger partial charge >= 0.3 is 0 Å². The maximum Gasteiger partial charge on any atom is 0.205 e. The minimum absolute atomic E-state index is 0.0764. The van der Waals surface area contributed by atoms with Crippen LogP contribution in [0.25, 0.3) is 0 Å². The molecule has 0 aliphatic heterocycles. The lowest BCUT2D eigenvalue weighted by Gasteiger charge is -1.98. The van der Waals surface area contributed by atoms with Crippen LogP contribution < -0.4 is 5.73 Å². The zero-order chi connectivity index (χ0) is 6.57. The Balaban J connectivity index is 3.33. The zero-order valence-electron chi connectivity index (χ0n) is 5.18. The molecule has 0 heterocycles. The lowest BCUT2D eigenvalue weighted by atomic mass is 10.4. The predicted octanol–water partition coefficient (Wildman–Crippen LogP) is 0.613. The molecule has 48 valence electrons. The van der Waals surface area contributed by atoms with Crippen molar-refractivity contribution in [1.82, 2.24) is 0 Å². The van der Waals surface area contributed by atoms with Gasteiger partial charge in [-0.15, -0.1) is 0 Å². The Morgan fingerprint density at radius 1 is 1.88 bits per heavy atom. The molecule has 8 heavy (non-hydrogen) atoms. The second-order valence-electron chi connectivity index (χ2n) is 1.54. The average Bonchev–Trinajstić information content (AvgIpc) is 1.67. The molecule has 0 aromatic heterocycles. The van der Waals surface area contributed by atoms with Gasteiger partial charge in [-0.25, -0.2) is 0 Å². The number of carbonyl (C=O) groups is 1. The summed E-state index contributed by atoms with van der Waals surface area (Å²) in [4.78, 5) is 10.6. The molecular weight excluding hydrogens is 122 g/mol. The maximum absolute atomic E-state index is 10.6. The highest BCUT2D eigenvalue weighted by molar-refractivity contribution is 8.13. The molecule has 3 heteroatoms. The molecule has 0 radical (unpaired) electrons. The van der Waals surface area contributed by atoms with Crippen molar-refractivity contribution in [2.45, 2.75) is 19.9 Å². The van der Waals surface area contributed by atoms with Crippen LogP contribution in [0.4, 0.5) is 0 Å². The second-order valence-corrected chi connectivity index (χ2v) is 2.81. The Hall–Kier alpha value is -0.0200. The Bertz CT molecular complexity index is 82.5. The van der Waals surface area contributed by atoms with Gasteiger partial charge in [-0.1, -0.05) is 18.7 Å². The topological polar surface area (TPSA) is 43.1 Å². The van der Waals surface area contributed by atoms with Crippen molar-refractivity contribution in [2.75, 3.05) is 5.75 Å². The van der Waals surface area contributed by atoms with E-state index in [0.717, 1.165) is 5.75 Å². The third-order valence-electron chi connectivity index (χ3n) is 0.658. The molecule has 0 aliphatic rings. The van der Waals surface area contributed by atoms with E-state index in [0.29, 0.717) is 0 Å². The van der Waals surface area contributed by atoms with Gasteiger partial charge in [0.25, 0.3) is 0 Å². The molecule has 0 unspecified atom stereocenters. The molecule has 0 bridgehead atoms.